The van der Waals surface area contributed by atoms with E-state index in [1.54, 1.807) is 0 Å². The summed E-state index contributed by atoms with van der Waals surface area (Å²) in [7, 11) is 0. The van der Waals surface area contributed by atoms with Crippen molar-refractivity contribution in [1.29, 1.82) is 0 Å². The van der Waals surface area contributed by atoms with Crippen LogP contribution in [0.4, 0.5) is 0 Å². The summed E-state index contributed by atoms with van der Waals surface area (Å²) in [6, 6.07) is 6.25. The van der Waals surface area contributed by atoms with Gasteiger partial charge in [-0.05, 0) is 37.3 Å². The van der Waals surface area contributed by atoms with Crippen LogP contribution >= 0.6 is 11.8 Å². The van der Waals surface area contributed by atoms with Crippen LogP contribution in [0, 0.1) is 6.92 Å². The van der Waals surface area contributed by atoms with Gasteiger partial charge in [-0.25, -0.2) is 0 Å². The Labute approximate surface area is 84.5 Å². The van der Waals surface area contributed by atoms with E-state index in [-0.39, 0.29) is 0 Å². The third kappa shape index (κ3) is 2.66. The minimum atomic E-state index is 0.740. The van der Waals surface area contributed by atoms with E-state index in [1.165, 1.54) is 11.1 Å². The van der Waals surface area contributed by atoms with Crippen LogP contribution in [0.1, 0.15) is 18.1 Å². The van der Waals surface area contributed by atoms with Crippen LogP contribution < -0.4 is 4.74 Å². The van der Waals surface area contributed by atoms with E-state index >= 15 is 0 Å². The molecule has 0 aromatic heterocycles. The first-order valence-corrected chi connectivity index (χ1v) is 5.89. The van der Waals surface area contributed by atoms with Crippen LogP contribution in [-0.2, 0) is 5.75 Å². The van der Waals surface area contributed by atoms with E-state index in [1.807, 2.05) is 24.8 Å². The minimum Gasteiger partial charge on any atom is -0.494 e. The molecule has 0 bridgehead atoms. The van der Waals surface area contributed by atoms with Gasteiger partial charge in [0.1, 0.15) is 5.75 Å². The fourth-order valence-electron chi connectivity index (χ4n) is 1.28. The molecule has 0 unspecified atom stereocenters. The van der Waals surface area contributed by atoms with Crippen molar-refractivity contribution in [1.82, 2.24) is 0 Å². The molecule has 0 aliphatic heterocycles. The summed E-state index contributed by atoms with van der Waals surface area (Å²) in [5, 5.41) is 0. The lowest BCUT2D eigenvalue weighted by Gasteiger charge is -2.10. The van der Waals surface area contributed by atoms with Gasteiger partial charge in [0, 0.05) is 5.75 Å². The van der Waals surface area contributed by atoms with Crippen LogP contribution in [0.5, 0.6) is 5.75 Å². The van der Waals surface area contributed by atoms with Crippen LogP contribution in [0.25, 0.3) is 0 Å². The molecule has 72 valence electrons. The van der Waals surface area contributed by atoms with Gasteiger partial charge < -0.3 is 4.74 Å². The predicted molar refractivity (Wildman–Crippen MR) is 59.6 cm³/mol. The maximum absolute atomic E-state index is 5.51. The Kier molecular flexibility index (Phi) is 4.16. The monoisotopic (exact) mass is 196 g/mol. The third-order valence-electron chi connectivity index (χ3n) is 2.00. The van der Waals surface area contributed by atoms with Crippen LogP contribution in [0.3, 0.4) is 0 Å². The zero-order valence-electron chi connectivity index (χ0n) is 8.46. The molecule has 0 atom stereocenters. The molecule has 0 fully saturated rings. The van der Waals surface area contributed by atoms with Gasteiger partial charge in [0.15, 0.2) is 0 Å². The summed E-state index contributed by atoms with van der Waals surface area (Å²) in [4.78, 5) is 0. The molecule has 1 nitrogen and oxygen atoms in total. The fourth-order valence-corrected chi connectivity index (χ4v) is 1.91. The number of hydrogen-bond donors (Lipinski definition) is 0. The fraction of sp³-hybridized carbons (Fsp3) is 0.455. The molecular weight excluding hydrogens is 180 g/mol. The van der Waals surface area contributed by atoms with E-state index in [4.69, 9.17) is 4.74 Å². The second-order valence-corrected chi connectivity index (χ2v) is 3.77. The van der Waals surface area contributed by atoms with Crippen molar-refractivity contribution in [2.45, 2.75) is 19.6 Å². The Morgan fingerprint density at radius 3 is 2.77 bits per heavy atom. The van der Waals surface area contributed by atoms with Crippen molar-refractivity contribution in [3.63, 3.8) is 0 Å². The standard InChI is InChI=1S/C11H16OS/c1-4-12-11-7-5-6-10(8-13-3)9(11)2/h5-7H,4,8H2,1-3H3. The number of rotatable bonds is 4. The van der Waals surface area contributed by atoms with E-state index in [2.05, 4.69) is 25.3 Å². The molecule has 0 aliphatic rings. The summed E-state index contributed by atoms with van der Waals surface area (Å²) < 4.78 is 5.51. The highest BCUT2D eigenvalue weighted by molar-refractivity contribution is 7.97. The highest BCUT2D eigenvalue weighted by atomic mass is 32.2. The summed E-state index contributed by atoms with van der Waals surface area (Å²) in [6.45, 7) is 4.88. The summed E-state index contributed by atoms with van der Waals surface area (Å²) in [6.07, 6.45) is 2.12. The first-order chi connectivity index (χ1) is 6.29. The maximum Gasteiger partial charge on any atom is 0.122 e. The molecule has 0 aliphatic carbocycles. The average molecular weight is 196 g/mol. The number of benzene rings is 1. The lowest BCUT2D eigenvalue weighted by molar-refractivity contribution is 0.337. The first-order valence-electron chi connectivity index (χ1n) is 4.49. The molecule has 1 aromatic rings. The molecule has 0 spiro atoms. The van der Waals surface area contributed by atoms with Gasteiger partial charge >= 0.3 is 0 Å². The van der Waals surface area contributed by atoms with Crippen molar-refractivity contribution in [2.24, 2.45) is 0 Å². The van der Waals surface area contributed by atoms with Gasteiger partial charge in [-0.2, -0.15) is 11.8 Å². The predicted octanol–water partition coefficient (Wildman–Crippen LogP) is 3.26. The topological polar surface area (TPSA) is 9.23 Å². The van der Waals surface area contributed by atoms with Crippen molar-refractivity contribution in [3.05, 3.63) is 29.3 Å². The molecule has 1 aromatic carbocycles. The van der Waals surface area contributed by atoms with Crippen molar-refractivity contribution in [2.75, 3.05) is 12.9 Å². The van der Waals surface area contributed by atoms with Gasteiger partial charge in [-0.1, -0.05) is 12.1 Å². The molecule has 2 heteroatoms. The summed E-state index contributed by atoms with van der Waals surface area (Å²) >= 11 is 1.84. The molecule has 0 saturated carbocycles. The van der Waals surface area contributed by atoms with Gasteiger partial charge in [0.05, 0.1) is 6.61 Å². The lowest BCUT2D eigenvalue weighted by Crippen LogP contribution is -1.96. The van der Waals surface area contributed by atoms with Crippen LogP contribution in [0.2, 0.25) is 0 Å². The largest absolute Gasteiger partial charge is 0.494 e. The molecule has 0 saturated heterocycles. The van der Waals surface area contributed by atoms with Crippen molar-refractivity contribution < 1.29 is 4.74 Å². The second-order valence-electron chi connectivity index (χ2n) is 2.91. The Morgan fingerprint density at radius 2 is 2.15 bits per heavy atom. The minimum absolute atomic E-state index is 0.740. The highest BCUT2D eigenvalue weighted by Crippen LogP contribution is 2.23. The van der Waals surface area contributed by atoms with Gasteiger partial charge in [-0.15, -0.1) is 0 Å². The lowest BCUT2D eigenvalue weighted by atomic mass is 10.1. The van der Waals surface area contributed by atoms with E-state index in [0.29, 0.717) is 0 Å². The quantitative estimate of drug-likeness (QED) is 0.731. The third-order valence-corrected chi connectivity index (χ3v) is 2.60. The Morgan fingerprint density at radius 1 is 1.38 bits per heavy atom. The molecule has 13 heavy (non-hydrogen) atoms. The van der Waals surface area contributed by atoms with Gasteiger partial charge in [-0.3, -0.25) is 0 Å². The van der Waals surface area contributed by atoms with E-state index in [0.717, 1.165) is 18.1 Å². The highest BCUT2D eigenvalue weighted by Gasteiger charge is 2.02. The van der Waals surface area contributed by atoms with Gasteiger partial charge in [0.25, 0.3) is 0 Å². The molecule has 0 radical (unpaired) electrons. The van der Waals surface area contributed by atoms with E-state index in [9.17, 15) is 0 Å². The maximum atomic E-state index is 5.51. The molecule has 1 rings (SSSR count). The van der Waals surface area contributed by atoms with Gasteiger partial charge in [0.2, 0.25) is 0 Å². The number of ether oxygens (including phenoxy) is 1. The van der Waals surface area contributed by atoms with Crippen molar-refractivity contribution in [3.8, 4) is 5.75 Å². The zero-order valence-corrected chi connectivity index (χ0v) is 9.28. The van der Waals surface area contributed by atoms with Crippen LogP contribution in [0.15, 0.2) is 18.2 Å². The van der Waals surface area contributed by atoms with Crippen molar-refractivity contribution >= 4 is 11.8 Å². The summed E-state index contributed by atoms with van der Waals surface area (Å²) in [5.41, 5.74) is 2.65. The molecular formula is C11H16OS. The normalized spacial score (nSPS) is 10.1. The number of hydrogen-bond acceptors (Lipinski definition) is 2. The molecule has 0 amide bonds. The SMILES string of the molecule is CCOc1cccc(CSC)c1C. The molecule has 0 N–H and O–H groups in total. The first kappa shape index (κ1) is 10.5. The van der Waals surface area contributed by atoms with Crippen LogP contribution in [-0.4, -0.2) is 12.9 Å². The Hall–Kier alpha value is -0.630. The average Bonchev–Trinajstić information content (AvgIpc) is 2.13. The zero-order chi connectivity index (χ0) is 9.68. The molecule has 0 heterocycles. The smallest absolute Gasteiger partial charge is 0.122 e. The second kappa shape index (κ2) is 5.18. The Balaban J connectivity index is 2.89. The Bertz CT molecular complexity index is 247. The van der Waals surface area contributed by atoms with E-state index < -0.39 is 0 Å². The number of thioether (sulfide) groups is 1. The summed E-state index contributed by atoms with van der Waals surface area (Å²) in [5.74, 6) is 2.08.